The third-order valence-electron chi connectivity index (χ3n) is 1.27. The molecule has 0 fully saturated rings. The lowest BCUT2D eigenvalue weighted by Crippen LogP contribution is -1.84. The molecule has 0 aliphatic carbocycles. The first-order valence-corrected chi connectivity index (χ1v) is 3.69. The third-order valence-corrected chi connectivity index (χ3v) is 1.67. The van der Waals surface area contributed by atoms with Gasteiger partial charge in [0.15, 0.2) is 5.65 Å². The van der Waals surface area contributed by atoms with Gasteiger partial charge in [0, 0.05) is 17.3 Å². The SMILES string of the molecule is Clc1ccn2nc(Cl)nc2c1. The Bertz CT molecular complexity index is 396. The van der Waals surface area contributed by atoms with Crippen molar-refractivity contribution in [1.82, 2.24) is 14.6 Å². The van der Waals surface area contributed by atoms with Gasteiger partial charge in [-0.1, -0.05) is 11.6 Å². The Hall–Kier alpha value is -0.800. The Morgan fingerprint density at radius 1 is 1.36 bits per heavy atom. The fraction of sp³-hybridized carbons (Fsp3) is 0. The quantitative estimate of drug-likeness (QED) is 0.633. The smallest absolute Gasteiger partial charge is 0.220 e. The largest absolute Gasteiger partial charge is 0.243 e. The molecule has 0 saturated carbocycles. The van der Waals surface area contributed by atoms with Crippen molar-refractivity contribution in [3.63, 3.8) is 0 Å². The van der Waals surface area contributed by atoms with E-state index in [4.69, 9.17) is 23.2 Å². The number of fused-ring (bicyclic) bond motifs is 1. The minimum absolute atomic E-state index is 0.229. The van der Waals surface area contributed by atoms with Crippen LogP contribution in [0.4, 0.5) is 0 Å². The van der Waals surface area contributed by atoms with Crippen molar-refractivity contribution in [2.45, 2.75) is 0 Å². The molecular weight excluding hydrogens is 185 g/mol. The molecule has 2 aromatic rings. The van der Waals surface area contributed by atoms with Crippen molar-refractivity contribution < 1.29 is 0 Å². The van der Waals surface area contributed by atoms with Crippen LogP contribution in [0.2, 0.25) is 10.3 Å². The summed E-state index contributed by atoms with van der Waals surface area (Å²) < 4.78 is 1.56. The van der Waals surface area contributed by atoms with E-state index in [-0.39, 0.29) is 5.28 Å². The molecule has 0 saturated heterocycles. The van der Waals surface area contributed by atoms with Crippen LogP contribution < -0.4 is 0 Å². The van der Waals surface area contributed by atoms with Crippen LogP contribution in [0.5, 0.6) is 0 Å². The van der Waals surface area contributed by atoms with Gasteiger partial charge in [-0.05, 0) is 17.7 Å². The van der Waals surface area contributed by atoms with Crippen LogP contribution in [0.25, 0.3) is 5.65 Å². The average molecular weight is 188 g/mol. The lowest BCUT2D eigenvalue weighted by molar-refractivity contribution is 0.962. The van der Waals surface area contributed by atoms with Crippen LogP contribution in [0.1, 0.15) is 0 Å². The molecule has 2 rings (SSSR count). The highest BCUT2D eigenvalue weighted by Crippen LogP contribution is 2.11. The Labute approximate surface area is 72.6 Å². The first-order valence-electron chi connectivity index (χ1n) is 2.93. The van der Waals surface area contributed by atoms with Gasteiger partial charge < -0.3 is 0 Å². The summed E-state index contributed by atoms with van der Waals surface area (Å²) in [6.45, 7) is 0. The highest BCUT2D eigenvalue weighted by Gasteiger charge is 1.99. The third kappa shape index (κ3) is 1.17. The molecule has 3 nitrogen and oxygen atoms in total. The molecule has 0 aromatic carbocycles. The van der Waals surface area contributed by atoms with E-state index in [1.54, 1.807) is 22.8 Å². The molecule has 11 heavy (non-hydrogen) atoms. The zero-order valence-electron chi connectivity index (χ0n) is 5.33. The summed E-state index contributed by atoms with van der Waals surface area (Å²) in [7, 11) is 0. The Morgan fingerprint density at radius 2 is 2.18 bits per heavy atom. The summed E-state index contributed by atoms with van der Waals surface area (Å²) in [6.07, 6.45) is 1.70. The van der Waals surface area contributed by atoms with E-state index < -0.39 is 0 Å². The van der Waals surface area contributed by atoms with Crippen LogP contribution in [0.15, 0.2) is 18.3 Å². The number of rotatable bonds is 0. The van der Waals surface area contributed by atoms with Gasteiger partial charge in [-0.25, -0.2) is 4.52 Å². The van der Waals surface area contributed by atoms with Gasteiger partial charge in [0.25, 0.3) is 0 Å². The molecule has 0 unspecified atom stereocenters. The molecule has 56 valence electrons. The summed E-state index contributed by atoms with van der Waals surface area (Å²) in [6, 6.07) is 3.42. The molecule has 0 aliphatic heterocycles. The highest BCUT2D eigenvalue weighted by molar-refractivity contribution is 6.31. The predicted molar refractivity (Wildman–Crippen MR) is 43.0 cm³/mol. The number of halogens is 2. The summed E-state index contributed by atoms with van der Waals surface area (Å²) in [5.41, 5.74) is 0.655. The zero-order valence-corrected chi connectivity index (χ0v) is 6.84. The van der Waals surface area contributed by atoms with Gasteiger partial charge in [-0.2, -0.15) is 4.98 Å². The second-order valence-corrected chi connectivity index (χ2v) is 2.80. The van der Waals surface area contributed by atoms with Gasteiger partial charge in [-0.3, -0.25) is 0 Å². The van der Waals surface area contributed by atoms with Crippen LogP contribution in [0, 0.1) is 0 Å². The first-order chi connectivity index (χ1) is 5.25. The van der Waals surface area contributed by atoms with E-state index >= 15 is 0 Å². The molecule has 0 N–H and O–H groups in total. The summed E-state index contributed by atoms with van der Waals surface area (Å²) in [5.74, 6) is 0. The molecule has 2 aromatic heterocycles. The van der Waals surface area contributed by atoms with Crippen LogP contribution in [-0.4, -0.2) is 14.6 Å². The summed E-state index contributed by atoms with van der Waals surface area (Å²) in [4.78, 5) is 3.91. The second-order valence-electron chi connectivity index (χ2n) is 2.03. The molecule has 0 radical (unpaired) electrons. The van der Waals surface area contributed by atoms with Crippen molar-refractivity contribution in [2.24, 2.45) is 0 Å². The van der Waals surface area contributed by atoms with E-state index in [0.29, 0.717) is 10.7 Å². The topological polar surface area (TPSA) is 30.2 Å². The van der Waals surface area contributed by atoms with Crippen molar-refractivity contribution >= 4 is 28.8 Å². The molecule has 5 heteroatoms. The van der Waals surface area contributed by atoms with E-state index in [1.807, 2.05) is 0 Å². The number of pyridine rings is 1. The predicted octanol–water partition coefficient (Wildman–Crippen LogP) is 2.04. The highest BCUT2D eigenvalue weighted by atomic mass is 35.5. The minimum Gasteiger partial charge on any atom is -0.220 e. The molecular formula is C6H3Cl2N3. The van der Waals surface area contributed by atoms with Crippen molar-refractivity contribution in [3.8, 4) is 0 Å². The van der Waals surface area contributed by atoms with Gasteiger partial charge in [-0.15, -0.1) is 5.10 Å². The van der Waals surface area contributed by atoms with Gasteiger partial charge in [0.2, 0.25) is 5.28 Å². The Balaban J connectivity index is 2.82. The molecule has 0 amide bonds. The lowest BCUT2D eigenvalue weighted by Gasteiger charge is -1.89. The van der Waals surface area contributed by atoms with Crippen LogP contribution in [0.3, 0.4) is 0 Å². The number of nitrogens with zero attached hydrogens (tertiary/aromatic N) is 3. The van der Waals surface area contributed by atoms with Crippen LogP contribution >= 0.6 is 23.2 Å². The molecule has 0 bridgehead atoms. The standard InChI is InChI=1S/C6H3Cl2N3/c7-4-1-2-11-5(3-4)9-6(8)10-11/h1-3H. The minimum atomic E-state index is 0.229. The lowest BCUT2D eigenvalue weighted by atomic mass is 10.5. The fourth-order valence-corrected chi connectivity index (χ4v) is 1.15. The monoisotopic (exact) mass is 187 g/mol. The maximum Gasteiger partial charge on any atom is 0.243 e. The van der Waals surface area contributed by atoms with Gasteiger partial charge in [0.05, 0.1) is 0 Å². The second kappa shape index (κ2) is 2.36. The summed E-state index contributed by atoms with van der Waals surface area (Å²) in [5, 5.41) is 4.72. The maximum absolute atomic E-state index is 5.70. The van der Waals surface area contributed by atoms with E-state index in [1.165, 1.54) is 0 Å². The Kier molecular flexibility index (Phi) is 1.47. The van der Waals surface area contributed by atoms with Crippen molar-refractivity contribution in [1.29, 1.82) is 0 Å². The number of hydrogen-bond acceptors (Lipinski definition) is 2. The maximum atomic E-state index is 5.70. The molecule has 0 atom stereocenters. The average Bonchev–Trinajstić information content (AvgIpc) is 2.27. The first kappa shape index (κ1) is 6.88. The number of hydrogen-bond donors (Lipinski definition) is 0. The Morgan fingerprint density at radius 3 is 3.00 bits per heavy atom. The summed E-state index contributed by atoms with van der Waals surface area (Å²) >= 11 is 11.3. The normalized spacial score (nSPS) is 10.7. The van der Waals surface area contributed by atoms with Gasteiger partial charge >= 0.3 is 0 Å². The van der Waals surface area contributed by atoms with Gasteiger partial charge in [0.1, 0.15) is 0 Å². The van der Waals surface area contributed by atoms with Crippen molar-refractivity contribution in [3.05, 3.63) is 28.6 Å². The molecule has 0 aliphatic rings. The zero-order chi connectivity index (χ0) is 7.84. The van der Waals surface area contributed by atoms with E-state index in [2.05, 4.69) is 10.1 Å². The van der Waals surface area contributed by atoms with E-state index in [0.717, 1.165) is 0 Å². The molecule has 2 heterocycles. The number of aromatic nitrogens is 3. The fourth-order valence-electron chi connectivity index (χ4n) is 0.830. The van der Waals surface area contributed by atoms with E-state index in [9.17, 15) is 0 Å². The molecule has 0 spiro atoms. The van der Waals surface area contributed by atoms with Crippen molar-refractivity contribution in [2.75, 3.05) is 0 Å². The van der Waals surface area contributed by atoms with Crippen LogP contribution in [-0.2, 0) is 0 Å².